The number of carboxylic acid groups (broad SMARTS) is 1. The first-order valence-electron chi connectivity index (χ1n) is 6.26. The summed E-state index contributed by atoms with van der Waals surface area (Å²) < 4.78 is 0.580. The van der Waals surface area contributed by atoms with Crippen LogP contribution in [0.2, 0.25) is 0 Å². The lowest BCUT2D eigenvalue weighted by Crippen LogP contribution is -2.29. The fourth-order valence-electron chi connectivity index (χ4n) is 1.55. The van der Waals surface area contributed by atoms with E-state index < -0.39 is 12.0 Å². The van der Waals surface area contributed by atoms with Gasteiger partial charge in [-0.3, -0.25) is 4.79 Å². The molecule has 1 rings (SSSR count). The molecular weight excluding hydrogens is 342 g/mol. The SMILES string of the molecule is NC(=O)CCCCNC(=O)Nc1cc(C(=O)O)ccc1Br. The number of carbonyl (C=O) groups excluding carboxylic acids is 2. The molecular formula is C13H16BrN3O4. The van der Waals surface area contributed by atoms with Gasteiger partial charge in [-0.25, -0.2) is 9.59 Å². The van der Waals surface area contributed by atoms with E-state index in [1.807, 2.05) is 0 Å². The molecule has 0 aliphatic heterocycles. The third-order valence-electron chi connectivity index (χ3n) is 2.60. The number of primary amides is 1. The molecule has 0 aromatic heterocycles. The van der Waals surface area contributed by atoms with E-state index in [-0.39, 0.29) is 17.9 Å². The number of nitrogens with one attached hydrogen (secondary N) is 2. The standard InChI is InChI=1S/C13H16BrN3O4/c14-9-5-4-8(12(19)20)7-10(9)17-13(21)16-6-2-1-3-11(15)18/h4-5,7H,1-3,6H2,(H2,15,18)(H,19,20)(H2,16,17,21). The Bertz CT molecular complexity index is 548. The highest BCUT2D eigenvalue weighted by atomic mass is 79.9. The van der Waals surface area contributed by atoms with Gasteiger partial charge in [0.2, 0.25) is 5.91 Å². The monoisotopic (exact) mass is 357 g/mol. The summed E-state index contributed by atoms with van der Waals surface area (Å²) in [7, 11) is 0. The number of benzene rings is 1. The minimum atomic E-state index is -1.07. The Labute approximate surface area is 130 Å². The molecule has 1 aromatic carbocycles. The number of unbranched alkanes of at least 4 members (excludes halogenated alkanes) is 1. The second kappa shape index (κ2) is 8.25. The van der Waals surface area contributed by atoms with E-state index in [1.54, 1.807) is 6.07 Å². The molecule has 21 heavy (non-hydrogen) atoms. The second-order valence-corrected chi connectivity index (χ2v) is 5.16. The van der Waals surface area contributed by atoms with Crippen LogP contribution in [-0.2, 0) is 4.79 Å². The predicted molar refractivity (Wildman–Crippen MR) is 81.2 cm³/mol. The quantitative estimate of drug-likeness (QED) is 0.556. The molecule has 0 saturated heterocycles. The lowest BCUT2D eigenvalue weighted by molar-refractivity contribution is -0.118. The number of hydrogen-bond acceptors (Lipinski definition) is 3. The van der Waals surface area contributed by atoms with E-state index in [1.165, 1.54) is 12.1 Å². The highest BCUT2D eigenvalue weighted by Gasteiger charge is 2.09. The number of halogens is 1. The second-order valence-electron chi connectivity index (χ2n) is 4.30. The van der Waals surface area contributed by atoms with Gasteiger partial charge in [0.1, 0.15) is 0 Å². The highest BCUT2D eigenvalue weighted by Crippen LogP contribution is 2.23. The Morgan fingerprint density at radius 3 is 2.57 bits per heavy atom. The molecule has 0 fully saturated rings. The molecule has 0 unspecified atom stereocenters. The van der Waals surface area contributed by atoms with Crippen molar-refractivity contribution >= 4 is 39.5 Å². The van der Waals surface area contributed by atoms with Crippen molar-refractivity contribution in [2.45, 2.75) is 19.3 Å². The predicted octanol–water partition coefficient (Wildman–Crippen LogP) is 1.92. The van der Waals surface area contributed by atoms with Crippen LogP contribution >= 0.6 is 15.9 Å². The number of carbonyl (C=O) groups is 3. The molecule has 0 aliphatic rings. The zero-order valence-electron chi connectivity index (χ0n) is 11.2. The Kier molecular flexibility index (Phi) is 6.67. The van der Waals surface area contributed by atoms with Crippen LogP contribution in [0.5, 0.6) is 0 Å². The normalized spacial score (nSPS) is 9.95. The van der Waals surface area contributed by atoms with Gasteiger partial charge in [-0.15, -0.1) is 0 Å². The van der Waals surface area contributed by atoms with Crippen LogP contribution in [0.25, 0.3) is 0 Å². The summed E-state index contributed by atoms with van der Waals surface area (Å²) in [5.41, 5.74) is 5.44. The maximum atomic E-state index is 11.7. The lowest BCUT2D eigenvalue weighted by atomic mass is 10.2. The number of rotatable bonds is 7. The molecule has 0 heterocycles. The first kappa shape index (κ1) is 17.0. The molecule has 114 valence electrons. The molecule has 0 atom stereocenters. The highest BCUT2D eigenvalue weighted by molar-refractivity contribution is 9.10. The maximum Gasteiger partial charge on any atom is 0.335 e. The average molecular weight is 358 g/mol. The summed E-state index contributed by atoms with van der Waals surface area (Å²) in [4.78, 5) is 33.1. The number of nitrogens with two attached hydrogens (primary N) is 1. The van der Waals surface area contributed by atoms with Crippen LogP contribution in [0.3, 0.4) is 0 Å². The molecule has 1 aromatic rings. The maximum absolute atomic E-state index is 11.7. The van der Waals surface area contributed by atoms with E-state index in [0.29, 0.717) is 29.5 Å². The third kappa shape index (κ3) is 6.26. The molecule has 8 heteroatoms. The topological polar surface area (TPSA) is 122 Å². The van der Waals surface area contributed by atoms with Crippen LogP contribution in [0, 0.1) is 0 Å². The van der Waals surface area contributed by atoms with Crippen molar-refractivity contribution in [2.75, 3.05) is 11.9 Å². The molecule has 0 bridgehead atoms. The average Bonchev–Trinajstić information content (AvgIpc) is 2.40. The molecule has 0 saturated carbocycles. The van der Waals surface area contributed by atoms with Crippen molar-refractivity contribution in [3.63, 3.8) is 0 Å². The van der Waals surface area contributed by atoms with Gasteiger partial charge in [0.25, 0.3) is 0 Å². The number of anilines is 1. The van der Waals surface area contributed by atoms with Crippen molar-refractivity contribution in [2.24, 2.45) is 5.73 Å². The fraction of sp³-hybridized carbons (Fsp3) is 0.308. The summed E-state index contributed by atoms with van der Waals surface area (Å²) in [5.74, 6) is -1.44. The summed E-state index contributed by atoms with van der Waals surface area (Å²) in [6, 6.07) is 3.89. The Morgan fingerprint density at radius 1 is 1.24 bits per heavy atom. The van der Waals surface area contributed by atoms with Crippen molar-refractivity contribution in [1.29, 1.82) is 0 Å². The van der Waals surface area contributed by atoms with Gasteiger partial charge in [-0.1, -0.05) is 0 Å². The molecule has 3 amide bonds. The van der Waals surface area contributed by atoms with Gasteiger partial charge in [-0.2, -0.15) is 0 Å². The Morgan fingerprint density at radius 2 is 1.95 bits per heavy atom. The van der Waals surface area contributed by atoms with E-state index >= 15 is 0 Å². The number of hydrogen-bond donors (Lipinski definition) is 4. The van der Waals surface area contributed by atoms with E-state index in [9.17, 15) is 14.4 Å². The zero-order chi connectivity index (χ0) is 15.8. The van der Waals surface area contributed by atoms with Crippen molar-refractivity contribution in [3.05, 3.63) is 28.2 Å². The van der Waals surface area contributed by atoms with Gasteiger partial charge in [-0.05, 0) is 47.0 Å². The third-order valence-corrected chi connectivity index (χ3v) is 3.29. The summed E-state index contributed by atoms with van der Waals surface area (Å²) in [6.07, 6.45) is 1.52. The van der Waals surface area contributed by atoms with Crippen LogP contribution in [0.15, 0.2) is 22.7 Å². The first-order valence-corrected chi connectivity index (χ1v) is 7.05. The number of amides is 3. The van der Waals surface area contributed by atoms with Gasteiger partial charge in [0.15, 0.2) is 0 Å². The van der Waals surface area contributed by atoms with Crippen molar-refractivity contribution in [1.82, 2.24) is 5.32 Å². The van der Waals surface area contributed by atoms with Crippen LogP contribution < -0.4 is 16.4 Å². The zero-order valence-corrected chi connectivity index (χ0v) is 12.8. The Hall–Kier alpha value is -2.09. The minimum absolute atomic E-state index is 0.0787. The van der Waals surface area contributed by atoms with E-state index in [2.05, 4.69) is 26.6 Å². The van der Waals surface area contributed by atoms with Crippen molar-refractivity contribution < 1.29 is 19.5 Å². The number of carboxylic acids is 1. The van der Waals surface area contributed by atoms with Gasteiger partial charge in [0, 0.05) is 17.4 Å². The van der Waals surface area contributed by atoms with Crippen LogP contribution in [-0.4, -0.2) is 29.6 Å². The summed E-state index contributed by atoms with van der Waals surface area (Å²) in [5, 5.41) is 14.1. The molecule has 0 spiro atoms. The largest absolute Gasteiger partial charge is 0.478 e. The first-order chi connectivity index (χ1) is 9.90. The lowest BCUT2D eigenvalue weighted by Gasteiger charge is -2.09. The number of urea groups is 1. The molecule has 0 radical (unpaired) electrons. The Balaban J connectivity index is 2.45. The fourth-order valence-corrected chi connectivity index (χ4v) is 1.89. The van der Waals surface area contributed by atoms with E-state index in [4.69, 9.17) is 10.8 Å². The minimum Gasteiger partial charge on any atom is -0.478 e. The smallest absolute Gasteiger partial charge is 0.335 e. The number of aromatic carboxylic acids is 1. The van der Waals surface area contributed by atoms with Crippen LogP contribution in [0.4, 0.5) is 10.5 Å². The summed E-state index contributed by atoms with van der Waals surface area (Å²) in [6.45, 7) is 0.398. The van der Waals surface area contributed by atoms with Gasteiger partial charge in [0.05, 0.1) is 11.3 Å². The van der Waals surface area contributed by atoms with Gasteiger partial charge >= 0.3 is 12.0 Å². The molecule has 5 N–H and O–H groups in total. The molecule has 0 aliphatic carbocycles. The van der Waals surface area contributed by atoms with Crippen LogP contribution in [0.1, 0.15) is 29.6 Å². The van der Waals surface area contributed by atoms with E-state index in [0.717, 1.165) is 0 Å². The van der Waals surface area contributed by atoms with Crippen molar-refractivity contribution in [3.8, 4) is 0 Å². The van der Waals surface area contributed by atoms with Gasteiger partial charge < -0.3 is 21.5 Å². The molecule has 7 nitrogen and oxygen atoms in total. The summed E-state index contributed by atoms with van der Waals surface area (Å²) >= 11 is 3.23.